The van der Waals surface area contributed by atoms with Crippen LogP contribution in [0.2, 0.25) is 0 Å². The fourth-order valence-corrected chi connectivity index (χ4v) is 2.84. The lowest BCUT2D eigenvalue weighted by Crippen LogP contribution is -2.31. The zero-order valence-corrected chi connectivity index (χ0v) is 15.8. The van der Waals surface area contributed by atoms with Crippen LogP contribution in [0.25, 0.3) is 0 Å². The molecule has 5 nitrogen and oxygen atoms in total. The Morgan fingerprint density at radius 3 is 2.50 bits per heavy atom. The van der Waals surface area contributed by atoms with Gasteiger partial charge in [-0.1, -0.05) is 12.1 Å². The number of benzene rings is 2. The molecule has 7 heteroatoms. The van der Waals surface area contributed by atoms with Crippen LogP contribution in [0.4, 0.5) is 26.0 Å². The number of amides is 1. The molecule has 1 heterocycles. The molecule has 1 aromatic heterocycles. The minimum absolute atomic E-state index is 0.209. The van der Waals surface area contributed by atoms with E-state index in [0.717, 1.165) is 23.4 Å². The van der Waals surface area contributed by atoms with Crippen LogP contribution < -0.4 is 10.2 Å². The third-order valence-electron chi connectivity index (χ3n) is 4.12. The second kappa shape index (κ2) is 8.12. The van der Waals surface area contributed by atoms with E-state index in [4.69, 9.17) is 0 Å². The smallest absolute Gasteiger partial charge is 0.277 e. The van der Waals surface area contributed by atoms with Gasteiger partial charge in [-0.3, -0.25) is 4.79 Å². The van der Waals surface area contributed by atoms with Gasteiger partial charge in [0.1, 0.15) is 17.3 Å². The lowest BCUT2D eigenvalue weighted by molar-refractivity contribution is 0.0983. The molecule has 144 valence electrons. The molecule has 3 aromatic rings. The van der Waals surface area contributed by atoms with Crippen molar-refractivity contribution in [3.05, 3.63) is 77.2 Å². The Bertz CT molecular complexity index is 1020. The molecule has 0 atom stereocenters. The van der Waals surface area contributed by atoms with Crippen molar-refractivity contribution in [3.8, 4) is 0 Å². The summed E-state index contributed by atoms with van der Waals surface area (Å²) in [5.41, 5.74) is 2.35. The molecule has 1 amide bonds. The average Bonchev–Trinajstić information content (AvgIpc) is 2.65. The molecule has 0 fully saturated rings. The van der Waals surface area contributed by atoms with Gasteiger partial charge in [0.25, 0.3) is 5.91 Å². The van der Waals surface area contributed by atoms with E-state index in [1.807, 2.05) is 38.1 Å². The molecule has 0 aliphatic heterocycles. The molecular formula is C21H20F2N4O. The fraction of sp³-hybridized carbons (Fsp3) is 0.190. The predicted octanol–water partition coefficient (Wildman–Crippen LogP) is 4.78. The van der Waals surface area contributed by atoms with E-state index in [2.05, 4.69) is 15.3 Å². The second-order valence-corrected chi connectivity index (χ2v) is 6.33. The first kappa shape index (κ1) is 19.4. The molecule has 3 rings (SSSR count). The van der Waals surface area contributed by atoms with Crippen LogP contribution >= 0.6 is 0 Å². The first-order valence-corrected chi connectivity index (χ1v) is 8.83. The van der Waals surface area contributed by atoms with Crippen LogP contribution in [0, 0.1) is 25.5 Å². The number of carbonyl (C=O) groups is 1. The monoisotopic (exact) mass is 382 g/mol. The minimum Gasteiger partial charge on any atom is -0.340 e. The zero-order valence-electron chi connectivity index (χ0n) is 15.8. The van der Waals surface area contributed by atoms with Gasteiger partial charge in [-0.15, -0.1) is 0 Å². The maximum absolute atomic E-state index is 13.4. The SMILES string of the molecule is CCN(C(=O)c1cc(Nc2ccc(F)c(F)c2)nc(C)n1)c1cccc(C)c1. The lowest BCUT2D eigenvalue weighted by Gasteiger charge is -2.21. The summed E-state index contributed by atoms with van der Waals surface area (Å²) in [5, 5.41) is 2.89. The van der Waals surface area contributed by atoms with E-state index in [1.165, 1.54) is 12.1 Å². The second-order valence-electron chi connectivity index (χ2n) is 6.33. The van der Waals surface area contributed by atoms with Crippen molar-refractivity contribution in [1.29, 1.82) is 0 Å². The Morgan fingerprint density at radius 2 is 1.82 bits per heavy atom. The number of hydrogen-bond donors (Lipinski definition) is 1. The Labute approximate surface area is 162 Å². The zero-order chi connectivity index (χ0) is 20.3. The van der Waals surface area contributed by atoms with E-state index in [9.17, 15) is 13.6 Å². The molecule has 0 radical (unpaired) electrons. The van der Waals surface area contributed by atoms with E-state index in [1.54, 1.807) is 11.8 Å². The van der Waals surface area contributed by atoms with Crippen LogP contribution in [-0.4, -0.2) is 22.4 Å². The Kier molecular flexibility index (Phi) is 5.63. The normalized spacial score (nSPS) is 10.6. The Morgan fingerprint density at radius 1 is 1.04 bits per heavy atom. The van der Waals surface area contributed by atoms with Gasteiger partial charge in [0.15, 0.2) is 11.6 Å². The maximum atomic E-state index is 13.4. The molecule has 0 saturated carbocycles. The van der Waals surface area contributed by atoms with Gasteiger partial charge in [-0.25, -0.2) is 18.7 Å². The number of anilines is 3. The topological polar surface area (TPSA) is 58.1 Å². The van der Waals surface area contributed by atoms with Crippen LogP contribution in [0.3, 0.4) is 0 Å². The number of halogens is 2. The molecule has 2 aromatic carbocycles. The van der Waals surface area contributed by atoms with Crippen LogP contribution in [-0.2, 0) is 0 Å². The van der Waals surface area contributed by atoms with Crippen molar-refractivity contribution >= 4 is 23.1 Å². The number of carbonyl (C=O) groups excluding carboxylic acids is 1. The largest absolute Gasteiger partial charge is 0.340 e. The quantitative estimate of drug-likeness (QED) is 0.690. The first-order chi connectivity index (χ1) is 13.4. The molecule has 1 N–H and O–H groups in total. The van der Waals surface area contributed by atoms with E-state index >= 15 is 0 Å². The summed E-state index contributed by atoms with van der Waals surface area (Å²) >= 11 is 0. The number of rotatable bonds is 5. The highest BCUT2D eigenvalue weighted by molar-refractivity contribution is 6.05. The average molecular weight is 382 g/mol. The molecule has 0 spiro atoms. The van der Waals surface area contributed by atoms with Crippen molar-refractivity contribution in [1.82, 2.24) is 9.97 Å². The van der Waals surface area contributed by atoms with E-state index < -0.39 is 11.6 Å². The Balaban J connectivity index is 1.91. The lowest BCUT2D eigenvalue weighted by atomic mass is 10.2. The van der Waals surface area contributed by atoms with Gasteiger partial charge in [-0.05, 0) is 50.6 Å². The Hall–Kier alpha value is -3.35. The summed E-state index contributed by atoms with van der Waals surface area (Å²) in [6.45, 7) is 5.97. The number of hydrogen-bond acceptors (Lipinski definition) is 4. The van der Waals surface area contributed by atoms with Gasteiger partial charge in [0.05, 0.1) is 0 Å². The van der Waals surface area contributed by atoms with E-state index in [-0.39, 0.29) is 11.6 Å². The van der Waals surface area contributed by atoms with Crippen molar-refractivity contribution in [2.75, 3.05) is 16.8 Å². The van der Waals surface area contributed by atoms with Crippen molar-refractivity contribution in [3.63, 3.8) is 0 Å². The standard InChI is InChI=1S/C21H20F2N4O/c1-4-27(16-7-5-6-13(2)10-16)21(28)19-12-20(25-14(3)24-19)26-15-8-9-17(22)18(23)11-15/h5-12H,4H2,1-3H3,(H,24,25,26). The van der Waals surface area contributed by atoms with Crippen LogP contribution in [0.1, 0.15) is 28.8 Å². The number of nitrogens with one attached hydrogen (secondary N) is 1. The molecule has 0 bridgehead atoms. The fourth-order valence-electron chi connectivity index (χ4n) is 2.84. The van der Waals surface area contributed by atoms with Crippen molar-refractivity contribution < 1.29 is 13.6 Å². The summed E-state index contributed by atoms with van der Waals surface area (Å²) in [4.78, 5) is 23.1. The highest BCUT2D eigenvalue weighted by atomic mass is 19.2. The van der Waals surface area contributed by atoms with Gasteiger partial charge in [-0.2, -0.15) is 0 Å². The van der Waals surface area contributed by atoms with Crippen LogP contribution in [0.15, 0.2) is 48.5 Å². The molecule has 28 heavy (non-hydrogen) atoms. The summed E-state index contributed by atoms with van der Waals surface area (Å²) in [5.74, 6) is -1.47. The highest BCUT2D eigenvalue weighted by Gasteiger charge is 2.19. The summed E-state index contributed by atoms with van der Waals surface area (Å²) in [7, 11) is 0. The maximum Gasteiger partial charge on any atom is 0.277 e. The molecule has 0 unspecified atom stereocenters. The summed E-state index contributed by atoms with van der Waals surface area (Å²) in [6, 6.07) is 12.6. The summed E-state index contributed by atoms with van der Waals surface area (Å²) < 4.78 is 26.5. The third kappa shape index (κ3) is 4.31. The summed E-state index contributed by atoms with van der Waals surface area (Å²) in [6.07, 6.45) is 0. The molecular weight excluding hydrogens is 362 g/mol. The third-order valence-corrected chi connectivity index (χ3v) is 4.12. The van der Waals surface area contributed by atoms with Gasteiger partial charge >= 0.3 is 0 Å². The first-order valence-electron chi connectivity index (χ1n) is 8.83. The number of aryl methyl sites for hydroxylation is 2. The van der Waals surface area contributed by atoms with Gasteiger partial charge in [0.2, 0.25) is 0 Å². The molecule has 0 aliphatic rings. The highest BCUT2D eigenvalue weighted by Crippen LogP contribution is 2.21. The predicted molar refractivity (Wildman–Crippen MR) is 105 cm³/mol. The molecule has 0 aliphatic carbocycles. The minimum atomic E-state index is -0.969. The van der Waals surface area contributed by atoms with Gasteiger partial charge in [0, 0.05) is 30.1 Å². The number of aromatic nitrogens is 2. The van der Waals surface area contributed by atoms with Crippen LogP contribution in [0.5, 0.6) is 0 Å². The number of nitrogens with zero attached hydrogens (tertiary/aromatic N) is 3. The van der Waals surface area contributed by atoms with Gasteiger partial charge < -0.3 is 10.2 Å². The molecule has 0 saturated heterocycles. The van der Waals surface area contributed by atoms with Crippen molar-refractivity contribution in [2.45, 2.75) is 20.8 Å². The van der Waals surface area contributed by atoms with Crippen molar-refractivity contribution in [2.24, 2.45) is 0 Å². The van der Waals surface area contributed by atoms with E-state index in [0.29, 0.717) is 23.9 Å².